The lowest BCUT2D eigenvalue weighted by Gasteiger charge is -2.36. The van der Waals surface area contributed by atoms with E-state index in [2.05, 4.69) is 20.0 Å². The maximum Gasteiger partial charge on any atom is 0.573 e. The van der Waals surface area contributed by atoms with E-state index in [0.717, 1.165) is 36.4 Å². The lowest BCUT2D eigenvalue weighted by molar-refractivity contribution is -0.274. The lowest BCUT2D eigenvalue weighted by atomic mass is 10.0. The van der Waals surface area contributed by atoms with Gasteiger partial charge in [-0.3, -0.25) is 9.78 Å². The average Bonchev–Trinajstić information content (AvgIpc) is 2.76. The molecule has 9 heteroatoms. The first-order valence-electron chi connectivity index (χ1n) is 10.0. The molecule has 1 amide bonds. The Hall–Kier alpha value is -3.36. The minimum absolute atomic E-state index is 0.110. The first-order chi connectivity index (χ1) is 14.9. The van der Waals surface area contributed by atoms with Crippen LogP contribution in [0.3, 0.4) is 0 Å². The lowest BCUT2D eigenvalue weighted by Crippen LogP contribution is -2.47. The number of hydrogen-bond acceptors (Lipinski definition) is 5. The minimum atomic E-state index is -4.81. The Kier molecular flexibility index (Phi) is 5.92. The molecule has 3 aromatic rings. The molecule has 1 unspecified atom stereocenters. The van der Waals surface area contributed by atoms with Crippen LogP contribution in [-0.4, -0.2) is 46.3 Å². The van der Waals surface area contributed by atoms with Crippen molar-refractivity contribution in [3.05, 3.63) is 60.3 Å². The fourth-order valence-electron chi connectivity index (χ4n) is 3.74. The third kappa shape index (κ3) is 5.22. The van der Waals surface area contributed by atoms with E-state index < -0.39 is 12.1 Å². The summed E-state index contributed by atoms with van der Waals surface area (Å²) in [6, 6.07) is 12.6. The van der Waals surface area contributed by atoms with E-state index in [0.29, 0.717) is 18.9 Å². The van der Waals surface area contributed by atoms with Crippen LogP contribution in [0.2, 0.25) is 0 Å². The van der Waals surface area contributed by atoms with Gasteiger partial charge in [0, 0.05) is 24.7 Å². The molecule has 2 heterocycles. The second kappa shape index (κ2) is 8.79. The normalized spacial score (nSPS) is 16.9. The first-order valence-corrected chi connectivity index (χ1v) is 10.0. The van der Waals surface area contributed by atoms with Gasteiger partial charge >= 0.3 is 6.36 Å². The van der Waals surface area contributed by atoms with Crippen molar-refractivity contribution >= 4 is 22.8 Å². The Labute approximate surface area is 177 Å². The number of carbonyl (C=O) groups excluding carboxylic acids is 1. The van der Waals surface area contributed by atoms with Crippen LogP contribution in [0.1, 0.15) is 29.6 Å². The molecule has 0 aliphatic carbocycles. The number of nitrogens with one attached hydrogen (secondary N) is 1. The molecule has 0 bridgehead atoms. The van der Waals surface area contributed by atoms with Gasteiger partial charge in [-0.25, -0.2) is 4.98 Å². The number of amides is 1. The van der Waals surface area contributed by atoms with E-state index in [-0.39, 0.29) is 17.5 Å². The van der Waals surface area contributed by atoms with Crippen LogP contribution in [0.5, 0.6) is 5.75 Å². The number of para-hydroxylation sites is 2. The largest absolute Gasteiger partial charge is 0.573 e. The summed E-state index contributed by atoms with van der Waals surface area (Å²) >= 11 is 0. The van der Waals surface area contributed by atoms with Gasteiger partial charge in [0.25, 0.3) is 5.91 Å². The molecule has 1 saturated heterocycles. The summed E-state index contributed by atoms with van der Waals surface area (Å²) in [6.45, 7) is 1.01. The number of benzene rings is 2. The summed E-state index contributed by atoms with van der Waals surface area (Å²) in [4.78, 5) is 23.7. The molecular weight excluding hydrogens is 409 g/mol. The molecule has 1 N–H and O–H groups in total. The summed E-state index contributed by atoms with van der Waals surface area (Å²) in [6.07, 6.45) is -0.554. The second-order valence-electron chi connectivity index (χ2n) is 7.35. The van der Waals surface area contributed by atoms with Crippen molar-refractivity contribution < 1.29 is 22.7 Å². The molecule has 2 aromatic carbocycles. The number of ether oxygens (including phenoxy) is 1. The number of nitrogens with zero attached hydrogens (tertiary/aromatic N) is 3. The summed E-state index contributed by atoms with van der Waals surface area (Å²) in [7, 11) is 0. The molecule has 4 rings (SSSR count). The van der Waals surface area contributed by atoms with Crippen molar-refractivity contribution in [1.29, 1.82) is 0 Å². The van der Waals surface area contributed by atoms with Gasteiger partial charge in [-0.15, -0.1) is 13.2 Å². The van der Waals surface area contributed by atoms with E-state index in [1.165, 1.54) is 18.2 Å². The summed E-state index contributed by atoms with van der Waals surface area (Å²) in [5.41, 5.74) is 1.73. The Bertz CT molecular complexity index is 1070. The van der Waals surface area contributed by atoms with E-state index in [1.54, 1.807) is 11.1 Å². The zero-order chi connectivity index (χ0) is 21.8. The van der Waals surface area contributed by atoms with Crippen molar-refractivity contribution in [3.63, 3.8) is 0 Å². The third-order valence-corrected chi connectivity index (χ3v) is 5.17. The topological polar surface area (TPSA) is 67.3 Å². The molecule has 1 aliphatic rings. The zero-order valence-electron chi connectivity index (χ0n) is 16.6. The molecule has 0 radical (unpaired) electrons. The van der Waals surface area contributed by atoms with Crippen molar-refractivity contribution in [2.75, 3.05) is 18.4 Å². The molecular formula is C22H21F3N4O2. The molecule has 0 spiro atoms. The number of halogens is 3. The molecule has 1 aromatic heterocycles. The van der Waals surface area contributed by atoms with Gasteiger partial charge in [-0.2, -0.15) is 0 Å². The molecule has 162 valence electrons. The molecule has 1 atom stereocenters. The number of anilines is 1. The SMILES string of the molecule is O=C(c1cccc(OC(F)(F)F)c1)N1CCCCC1CNc1cnc2ccccc2n1. The summed E-state index contributed by atoms with van der Waals surface area (Å²) in [5.74, 6) is -0.113. The zero-order valence-corrected chi connectivity index (χ0v) is 16.6. The van der Waals surface area contributed by atoms with Crippen molar-refractivity contribution in [2.24, 2.45) is 0 Å². The number of hydrogen-bond donors (Lipinski definition) is 1. The van der Waals surface area contributed by atoms with Crippen LogP contribution < -0.4 is 10.1 Å². The Morgan fingerprint density at radius 2 is 1.94 bits per heavy atom. The highest BCUT2D eigenvalue weighted by Gasteiger charge is 2.32. The number of fused-ring (bicyclic) bond motifs is 1. The van der Waals surface area contributed by atoms with Gasteiger partial charge in [0.2, 0.25) is 0 Å². The number of aromatic nitrogens is 2. The van der Waals surface area contributed by atoms with Crippen LogP contribution in [0.15, 0.2) is 54.7 Å². The Morgan fingerprint density at radius 3 is 2.74 bits per heavy atom. The number of alkyl halides is 3. The monoisotopic (exact) mass is 430 g/mol. The van der Waals surface area contributed by atoms with Crippen molar-refractivity contribution in [3.8, 4) is 5.75 Å². The van der Waals surface area contributed by atoms with E-state index >= 15 is 0 Å². The molecule has 31 heavy (non-hydrogen) atoms. The minimum Gasteiger partial charge on any atom is -0.406 e. The number of carbonyl (C=O) groups is 1. The third-order valence-electron chi connectivity index (χ3n) is 5.17. The molecule has 6 nitrogen and oxygen atoms in total. The number of piperidine rings is 1. The maximum atomic E-state index is 13.0. The summed E-state index contributed by atoms with van der Waals surface area (Å²) < 4.78 is 41.5. The fourth-order valence-corrected chi connectivity index (χ4v) is 3.74. The van der Waals surface area contributed by atoms with E-state index in [4.69, 9.17) is 0 Å². The van der Waals surface area contributed by atoms with E-state index in [1.807, 2.05) is 24.3 Å². The van der Waals surface area contributed by atoms with Gasteiger partial charge in [-0.05, 0) is 49.6 Å². The standard InChI is InChI=1S/C22H21F3N4O2/c23-22(24,25)31-17-8-5-6-15(12-17)21(30)29-11-4-3-7-16(29)13-27-20-14-26-18-9-1-2-10-19(18)28-20/h1-2,5-6,8-10,12,14,16H,3-4,7,11,13H2,(H,27,28). The number of rotatable bonds is 5. The van der Waals surface area contributed by atoms with Crippen LogP contribution in [0.4, 0.5) is 19.0 Å². The van der Waals surface area contributed by atoms with Gasteiger partial charge in [-0.1, -0.05) is 18.2 Å². The Balaban J connectivity index is 1.46. The van der Waals surface area contributed by atoms with Crippen molar-refractivity contribution in [1.82, 2.24) is 14.9 Å². The van der Waals surface area contributed by atoms with Gasteiger partial charge < -0.3 is 15.0 Å². The van der Waals surface area contributed by atoms with Gasteiger partial charge in [0.05, 0.1) is 17.2 Å². The first kappa shape index (κ1) is 20.9. The van der Waals surface area contributed by atoms with Crippen molar-refractivity contribution in [2.45, 2.75) is 31.7 Å². The molecule has 0 saturated carbocycles. The highest BCUT2D eigenvalue weighted by atomic mass is 19.4. The van der Waals surface area contributed by atoms with Gasteiger partial charge in [0.15, 0.2) is 0 Å². The fraction of sp³-hybridized carbons (Fsp3) is 0.318. The predicted molar refractivity (Wildman–Crippen MR) is 110 cm³/mol. The molecule has 1 aliphatic heterocycles. The summed E-state index contributed by atoms with van der Waals surface area (Å²) in [5, 5.41) is 3.24. The molecule has 1 fully saturated rings. The predicted octanol–water partition coefficient (Wildman–Crippen LogP) is 4.64. The van der Waals surface area contributed by atoms with Crippen LogP contribution in [0.25, 0.3) is 11.0 Å². The van der Waals surface area contributed by atoms with E-state index in [9.17, 15) is 18.0 Å². The maximum absolute atomic E-state index is 13.0. The van der Waals surface area contributed by atoms with Crippen LogP contribution >= 0.6 is 0 Å². The Morgan fingerprint density at radius 1 is 1.13 bits per heavy atom. The smallest absolute Gasteiger partial charge is 0.406 e. The highest BCUT2D eigenvalue weighted by molar-refractivity contribution is 5.95. The highest BCUT2D eigenvalue weighted by Crippen LogP contribution is 2.26. The van der Waals surface area contributed by atoms with Crippen LogP contribution in [-0.2, 0) is 0 Å². The van der Waals surface area contributed by atoms with Crippen LogP contribution in [0, 0.1) is 0 Å². The second-order valence-corrected chi connectivity index (χ2v) is 7.35. The average molecular weight is 430 g/mol. The van der Waals surface area contributed by atoms with Gasteiger partial charge in [0.1, 0.15) is 11.6 Å². The number of likely N-dealkylation sites (tertiary alicyclic amines) is 1. The quantitative estimate of drug-likeness (QED) is 0.639.